The van der Waals surface area contributed by atoms with Gasteiger partial charge in [-0.2, -0.15) is 9.50 Å². The van der Waals surface area contributed by atoms with E-state index in [2.05, 4.69) is 36.1 Å². The summed E-state index contributed by atoms with van der Waals surface area (Å²) in [7, 11) is 0. The van der Waals surface area contributed by atoms with E-state index in [1.54, 1.807) is 0 Å². The Morgan fingerprint density at radius 1 is 1.12 bits per heavy atom. The summed E-state index contributed by atoms with van der Waals surface area (Å²) in [5, 5.41) is 4.41. The molecular weight excluding hydrogens is 342 g/mol. The molecule has 0 saturated carbocycles. The van der Waals surface area contributed by atoms with Gasteiger partial charge < -0.3 is 0 Å². The number of fused-ring (bicyclic) bond motifs is 1. The fourth-order valence-electron chi connectivity index (χ4n) is 2.87. The number of rotatable bonds is 3. The lowest BCUT2D eigenvalue weighted by Gasteiger charge is -2.04. The molecule has 4 rings (SSSR count). The molecule has 130 valence electrons. The second kappa shape index (κ2) is 6.50. The van der Waals surface area contributed by atoms with Crippen LogP contribution < -0.4 is 10.1 Å². The van der Waals surface area contributed by atoms with E-state index in [1.807, 2.05) is 49.4 Å². The molecule has 2 aromatic carbocycles. The third kappa shape index (κ3) is 3.06. The van der Waals surface area contributed by atoms with Gasteiger partial charge in [-0.25, -0.2) is 0 Å². The largest absolute Gasteiger partial charge is 0.291 e. The maximum absolute atomic E-state index is 12.7. The molecule has 2 aromatic heterocycles. The van der Waals surface area contributed by atoms with E-state index in [4.69, 9.17) is 0 Å². The highest BCUT2D eigenvalue weighted by atomic mass is 32.1. The molecule has 0 fully saturated rings. The molecule has 0 N–H and O–H groups in total. The normalized spacial score (nSPS) is 12.4. The second-order valence-electron chi connectivity index (χ2n) is 6.74. The Kier molecular flexibility index (Phi) is 4.17. The van der Waals surface area contributed by atoms with Crippen molar-refractivity contribution in [1.29, 1.82) is 0 Å². The Morgan fingerprint density at radius 3 is 2.54 bits per heavy atom. The molecule has 0 bridgehead atoms. The summed E-state index contributed by atoms with van der Waals surface area (Å²) in [6.45, 7) is 6.36. The fraction of sp³-hybridized carbons (Fsp3) is 0.190. The molecule has 0 saturated heterocycles. The third-order valence-corrected chi connectivity index (χ3v) is 5.32. The minimum absolute atomic E-state index is 0.121. The number of hydrogen-bond acceptors (Lipinski definition) is 4. The molecule has 2 heterocycles. The molecule has 0 aliphatic carbocycles. The van der Waals surface area contributed by atoms with Crippen molar-refractivity contribution in [2.24, 2.45) is 0 Å². The SMILES string of the molecule is Cc1cccc(-c2nc3s/c(=C\c4ccc(C(C)C)cc4)c(=O)n3n2)c1. The van der Waals surface area contributed by atoms with E-state index in [0.29, 0.717) is 21.2 Å². The predicted octanol–water partition coefficient (Wildman–Crippen LogP) is 3.80. The molecular formula is C21H19N3OS. The van der Waals surface area contributed by atoms with Gasteiger partial charge in [-0.1, -0.05) is 73.2 Å². The summed E-state index contributed by atoms with van der Waals surface area (Å²) in [5.41, 5.74) is 4.24. The molecule has 0 spiro atoms. The first-order valence-electron chi connectivity index (χ1n) is 8.59. The Labute approximate surface area is 155 Å². The van der Waals surface area contributed by atoms with Gasteiger partial charge in [0, 0.05) is 5.56 Å². The van der Waals surface area contributed by atoms with Crippen LogP contribution in [-0.2, 0) is 0 Å². The van der Waals surface area contributed by atoms with Gasteiger partial charge in [0.2, 0.25) is 4.96 Å². The van der Waals surface area contributed by atoms with Crippen LogP contribution in [0.25, 0.3) is 22.4 Å². The van der Waals surface area contributed by atoms with E-state index in [9.17, 15) is 4.79 Å². The van der Waals surface area contributed by atoms with Crippen molar-refractivity contribution in [3.8, 4) is 11.4 Å². The van der Waals surface area contributed by atoms with Gasteiger partial charge in [-0.05, 0) is 36.1 Å². The van der Waals surface area contributed by atoms with Crippen molar-refractivity contribution >= 4 is 22.4 Å². The Hall–Kier alpha value is -2.79. The molecule has 0 amide bonds. The number of benzene rings is 2. The first-order valence-corrected chi connectivity index (χ1v) is 9.41. The number of hydrogen-bond donors (Lipinski definition) is 0. The molecule has 5 heteroatoms. The zero-order valence-corrected chi connectivity index (χ0v) is 15.7. The van der Waals surface area contributed by atoms with E-state index in [-0.39, 0.29) is 5.56 Å². The van der Waals surface area contributed by atoms with E-state index in [0.717, 1.165) is 16.7 Å². The van der Waals surface area contributed by atoms with Gasteiger partial charge in [0.1, 0.15) is 0 Å². The van der Waals surface area contributed by atoms with Crippen molar-refractivity contribution in [1.82, 2.24) is 14.6 Å². The van der Waals surface area contributed by atoms with Crippen molar-refractivity contribution in [2.45, 2.75) is 26.7 Å². The minimum atomic E-state index is -0.121. The fourth-order valence-corrected chi connectivity index (χ4v) is 3.78. The zero-order valence-electron chi connectivity index (χ0n) is 14.9. The van der Waals surface area contributed by atoms with Crippen LogP contribution >= 0.6 is 11.3 Å². The highest BCUT2D eigenvalue weighted by molar-refractivity contribution is 7.15. The molecule has 0 aliphatic rings. The van der Waals surface area contributed by atoms with Crippen LogP contribution in [0, 0.1) is 6.92 Å². The van der Waals surface area contributed by atoms with Crippen molar-refractivity contribution in [3.63, 3.8) is 0 Å². The Bertz CT molecular complexity index is 1190. The second-order valence-corrected chi connectivity index (χ2v) is 7.75. The average Bonchev–Trinajstić information content (AvgIpc) is 3.16. The van der Waals surface area contributed by atoms with Crippen molar-refractivity contribution < 1.29 is 0 Å². The van der Waals surface area contributed by atoms with Gasteiger partial charge in [-0.3, -0.25) is 4.79 Å². The average molecular weight is 361 g/mol. The monoisotopic (exact) mass is 361 g/mol. The molecule has 0 aliphatic heterocycles. The summed E-state index contributed by atoms with van der Waals surface area (Å²) in [6, 6.07) is 16.3. The lowest BCUT2D eigenvalue weighted by Crippen LogP contribution is -2.23. The first kappa shape index (κ1) is 16.7. The van der Waals surface area contributed by atoms with Gasteiger partial charge in [-0.15, -0.1) is 5.10 Å². The standard InChI is InChI=1S/C21H19N3OS/c1-13(2)16-9-7-15(8-10-16)12-18-20(25)24-21(26-18)22-19(23-24)17-6-4-5-14(3)11-17/h4-13H,1-3H3/b18-12-. The maximum atomic E-state index is 12.7. The van der Waals surface area contributed by atoms with Gasteiger partial charge in [0.05, 0.1) is 4.53 Å². The van der Waals surface area contributed by atoms with Crippen LogP contribution in [0.3, 0.4) is 0 Å². The molecule has 4 nitrogen and oxygen atoms in total. The number of nitrogens with zero attached hydrogens (tertiary/aromatic N) is 3. The highest BCUT2D eigenvalue weighted by Crippen LogP contribution is 2.18. The lowest BCUT2D eigenvalue weighted by molar-refractivity contribution is 0.866. The Morgan fingerprint density at radius 2 is 1.88 bits per heavy atom. The molecule has 0 radical (unpaired) electrons. The number of aryl methyl sites for hydroxylation is 1. The van der Waals surface area contributed by atoms with Crippen molar-refractivity contribution in [2.75, 3.05) is 0 Å². The molecule has 0 atom stereocenters. The lowest BCUT2D eigenvalue weighted by atomic mass is 10.0. The number of aromatic nitrogens is 3. The van der Waals surface area contributed by atoms with Gasteiger partial charge in [0.25, 0.3) is 5.56 Å². The van der Waals surface area contributed by atoms with Crippen LogP contribution in [0.2, 0.25) is 0 Å². The van der Waals surface area contributed by atoms with Crippen LogP contribution in [-0.4, -0.2) is 14.6 Å². The number of thiazole rings is 1. The van der Waals surface area contributed by atoms with Gasteiger partial charge >= 0.3 is 0 Å². The van der Waals surface area contributed by atoms with Gasteiger partial charge in [0.15, 0.2) is 5.82 Å². The Balaban J connectivity index is 1.75. The van der Waals surface area contributed by atoms with Crippen LogP contribution in [0.15, 0.2) is 53.3 Å². The molecule has 26 heavy (non-hydrogen) atoms. The summed E-state index contributed by atoms with van der Waals surface area (Å²) >= 11 is 1.37. The first-order chi connectivity index (χ1) is 12.5. The van der Waals surface area contributed by atoms with Crippen LogP contribution in [0.4, 0.5) is 0 Å². The van der Waals surface area contributed by atoms with E-state index < -0.39 is 0 Å². The minimum Gasteiger partial charge on any atom is -0.266 e. The smallest absolute Gasteiger partial charge is 0.266 e. The summed E-state index contributed by atoms with van der Waals surface area (Å²) in [4.78, 5) is 17.8. The summed E-state index contributed by atoms with van der Waals surface area (Å²) in [6.07, 6.45) is 1.90. The summed E-state index contributed by atoms with van der Waals surface area (Å²) in [5.74, 6) is 1.08. The molecule has 0 unspecified atom stereocenters. The van der Waals surface area contributed by atoms with Crippen LogP contribution in [0.1, 0.15) is 36.5 Å². The maximum Gasteiger partial charge on any atom is 0.291 e. The highest BCUT2D eigenvalue weighted by Gasteiger charge is 2.12. The molecule has 4 aromatic rings. The van der Waals surface area contributed by atoms with E-state index in [1.165, 1.54) is 21.4 Å². The quantitative estimate of drug-likeness (QED) is 0.558. The topological polar surface area (TPSA) is 47.3 Å². The van der Waals surface area contributed by atoms with Crippen molar-refractivity contribution in [3.05, 3.63) is 80.1 Å². The third-order valence-electron chi connectivity index (χ3n) is 4.36. The predicted molar refractivity (Wildman–Crippen MR) is 107 cm³/mol. The zero-order chi connectivity index (χ0) is 18.3. The van der Waals surface area contributed by atoms with Crippen LogP contribution in [0.5, 0.6) is 0 Å². The summed E-state index contributed by atoms with van der Waals surface area (Å²) < 4.78 is 2.05. The van der Waals surface area contributed by atoms with E-state index >= 15 is 0 Å².